The maximum absolute atomic E-state index is 5.78. The lowest BCUT2D eigenvalue weighted by Gasteiger charge is -2.10. The number of benzene rings is 1. The SMILES string of the molecule is CC(C)Nc1cc(N)nc(-c2ccccc2)n1. The van der Waals surface area contributed by atoms with Gasteiger partial charge in [-0.1, -0.05) is 30.3 Å². The molecule has 4 nitrogen and oxygen atoms in total. The first-order valence-corrected chi connectivity index (χ1v) is 5.61. The Bertz CT molecular complexity index is 494. The van der Waals surface area contributed by atoms with Gasteiger partial charge in [-0.05, 0) is 13.8 Å². The third kappa shape index (κ3) is 2.93. The minimum absolute atomic E-state index is 0.313. The van der Waals surface area contributed by atoms with Gasteiger partial charge < -0.3 is 11.1 Å². The second kappa shape index (κ2) is 4.82. The first-order valence-electron chi connectivity index (χ1n) is 5.61. The van der Waals surface area contributed by atoms with Crippen LogP contribution in [0.3, 0.4) is 0 Å². The molecule has 0 aliphatic carbocycles. The third-order valence-corrected chi connectivity index (χ3v) is 2.21. The normalized spacial score (nSPS) is 10.5. The van der Waals surface area contributed by atoms with Gasteiger partial charge in [0, 0.05) is 17.7 Å². The van der Waals surface area contributed by atoms with Gasteiger partial charge in [0.25, 0.3) is 0 Å². The summed E-state index contributed by atoms with van der Waals surface area (Å²) in [5, 5.41) is 3.22. The minimum atomic E-state index is 0.313. The Kier molecular flexibility index (Phi) is 3.23. The van der Waals surface area contributed by atoms with Crippen molar-refractivity contribution in [3.8, 4) is 11.4 Å². The zero-order valence-corrected chi connectivity index (χ0v) is 10.0. The Morgan fingerprint density at radius 2 is 1.82 bits per heavy atom. The van der Waals surface area contributed by atoms with E-state index in [0.717, 1.165) is 11.4 Å². The molecule has 0 saturated carbocycles. The lowest BCUT2D eigenvalue weighted by atomic mass is 10.2. The number of rotatable bonds is 3. The fraction of sp³-hybridized carbons (Fsp3) is 0.231. The molecule has 3 N–H and O–H groups in total. The van der Waals surface area contributed by atoms with E-state index in [2.05, 4.69) is 29.1 Å². The van der Waals surface area contributed by atoms with Gasteiger partial charge in [0.1, 0.15) is 11.6 Å². The van der Waals surface area contributed by atoms with E-state index in [1.165, 1.54) is 0 Å². The van der Waals surface area contributed by atoms with Gasteiger partial charge in [0.2, 0.25) is 0 Å². The summed E-state index contributed by atoms with van der Waals surface area (Å²) in [5.74, 6) is 1.88. The van der Waals surface area contributed by atoms with Crippen LogP contribution in [0.2, 0.25) is 0 Å². The summed E-state index contributed by atoms with van der Waals surface area (Å²) in [4.78, 5) is 8.68. The second-order valence-electron chi connectivity index (χ2n) is 4.17. The van der Waals surface area contributed by atoms with Gasteiger partial charge in [-0.2, -0.15) is 0 Å². The molecule has 0 spiro atoms. The van der Waals surface area contributed by atoms with E-state index in [1.807, 2.05) is 30.3 Å². The summed E-state index contributed by atoms with van der Waals surface area (Å²) >= 11 is 0. The largest absolute Gasteiger partial charge is 0.384 e. The maximum Gasteiger partial charge on any atom is 0.163 e. The molecule has 0 aliphatic rings. The second-order valence-corrected chi connectivity index (χ2v) is 4.17. The Morgan fingerprint density at radius 3 is 2.47 bits per heavy atom. The molecule has 88 valence electrons. The van der Waals surface area contributed by atoms with E-state index in [-0.39, 0.29) is 0 Å². The van der Waals surface area contributed by atoms with E-state index >= 15 is 0 Å². The topological polar surface area (TPSA) is 63.8 Å². The van der Waals surface area contributed by atoms with Crippen molar-refractivity contribution in [1.29, 1.82) is 0 Å². The number of aromatic nitrogens is 2. The molecule has 0 amide bonds. The average molecular weight is 228 g/mol. The van der Waals surface area contributed by atoms with Crippen LogP contribution < -0.4 is 11.1 Å². The Hall–Kier alpha value is -2.10. The summed E-state index contributed by atoms with van der Waals surface area (Å²) in [6, 6.07) is 11.9. The lowest BCUT2D eigenvalue weighted by Crippen LogP contribution is -2.12. The highest BCUT2D eigenvalue weighted by Crippen LogP contribution is 2.18. The first-order chi connectivity index (χ1) is 8.15. The quantitative estimate of drug-likeness (QED) is 0.847. The molecule has 1 heterocycles. The van der Waals surface area contributed by atoms with Crippen molar-refractivity contribution in [2.45, 2.75) is 19.9 Å². The van der Waals surface area contributed by atoms with Crippen LogP contribution in [0.15, 0.2) is 36.4 Å². The number of nitrogens with zero attached hydrogens (tertiary/aromatic N) is 2. The van der Waals surface area contributed by atoms with Gasteiger partial charge in [-0.3, -0.25) is 0 Å². The Labute approximate surface area is 101 Å². The first kappa shape index (κ1) is 11.4. The number of hydrogen-bond donors (Lipinski definition) is 2. The number of nitrogens with two attached hydrogens (primary N) is 1. The van der Waals surface area contributed by atoms with Crippen LogP contribution in [-0.2, 0) is 0 Å². The summed E-state index contributed by atoms with van der Waals surface area (Å²) in [6.45, 7) is 4.11. The number of hydrogen-bond acceptors (Lipinski definition) is 4. The molecular weight excluding hydrogens is 212 g/mol. The highest BCUT2D eigenvalue weighted by atomic mass is 15.1. The fourth-order valence-corrected chi connectivity index (χ4v) is 1.55. The zero-order valence-electron chi connectivity index (χ0n) is 10.0. The van der Waals surface area contributed by atoms with Gasteiger partial charge in [-0.25, -0.2) is 9.97 Å². The van der Waals surface area contributed by atoms with Gasteiger partial charge >= 0.3 is 0 Å². The molecule has 0 atom stereocenters. The van der Waals surface area contributed by atoms with E-state index in [9.17, 15) is 0 Å². The van der Waals surface area contributed by atoms with E-state index in [0.29, 0.717) is 17.7 Å². The molecule has 0 radical (unpaired) electrons. The molecule has 2 aromatic rings. The number of nitrogen functional groups attached to an aromatic ring is 1. The number of anilines is 2. The van der Waals surface area contributed by atoms with Crippen molar-refractivity contribution in [2.75, 3.05) is 11.1 Å². The molecule has 2 rings (SSSR count). The van der Waals surface area contributed by atoms with E-state index < -0.39 is 0 Å². The minimum Gasteiger partial charge on any atom is -0.384 e. The van der Waals surface area contributed by atoms with Crippen molar-refractivity contribution in [1.82, 2.24) is 9.97 Å². The van der Waals surface area contributed by atoms with Crippen LogP contribution in [0.5, 0.6) is 0 Å². The standard InChI is InChI=1S/C13H16N4/c1-9(2)15-12-8-11(14)16-13(17-12)10-6-4-3-5-7-10/h3-9H,1-2H3,(H3,14,15,16,17). The molecule has 1 aromatic carbocycles. The zero-order chi connectivity index (χ0) is 12.3. The fourth-order valence-electron chi connectivity index (χ4n) is 1.55. The summed E-state index contributed by atoms with van der Waals surface area (Å²) < 4.78 is 0. The highest BCUT2D eigenvalue weighted by Gasteiger charge is 2.05. The Morgan fingerprint density at radius 1 is 1.12 bits per heavy atom. The molecular formula is C13H16N4. The average Bonchev–Trinajstić information content (AvgIpc) is 2.28. The van der Waals surface area contributed by atoms with Crippen LogP contribution in [-0.4, -0.2) is 16.0 Å². The maximum atomic E-state index is 5.78. The van der Waals surface area contributed by atoms with E-state index in [4.69, 9.17) is 5.73 Å². The molecule has 0 unspecified atom stereocenters. The highest BCUT2D eigenvalue weighted by molar-refractivity contribution is 5.60. The summed E-state index contributed by atoms with van der Waals surface area (Å²) in [6.07, 6.45) is 0. The molecule has 17 heavy (non-hydrogen) atoms. The predicted octanol–water partition coefficient (Wildman–Crippen LogP) is 2.55. The van der Waals surface area contributed by atoms with E-state index in [1.54, 1.807) is 6.07 Å². The van der Waals surface area contributed by atoms with Crippen LogP contribution in [0.4, 0.5) is 11.6 Å². The molecule has 0 saturated heterocycles. The van der Waals surface area contributed by atoms with Crippen LogP contribution >= 0.6 is 0 Å². The van der Waals surface area contributed by atoms with Gasteiger partial charge in [-0.15, -0.1) is 0 Å². The summed E-state index contributed by atoms with van der Waals surface area (Å²) in [5.41, 5.74) is 6.75. The number of nitrogens with one attached hydrogen (secondary N) is 1. The predicted molar refractivity (Wildman–Crippen MR) is 70.6 cm³/mol. The molecule has 0 aliphatic heterocycles. The lowest BCUT2D eigenvalue weighted by molar-refractivity contribution is 0.887. The van der Waals surface area contributed by atoms with Crippen molar-refractivity contribution in [3.05, 3.63) is 36.4 Å². The molecule has 4 heteroatoms. The van der Waals surface area contributed by atoms with Crippen molar-refractivity contribution in [2.24, 2.45) is 0 Å². The molecule has 1 aromatic heterocycles. The van der Waals surface area contributed by atoms with Crippen LogP contribution in [0.25, 0.3) is 11.4 Å². The smallest absolute Gasteiger partial charge is 0.163 e. The van der Waals surface area contributed by atoms with Gasteiger partial charge in [0.15, 0.2) is 5.82 Å². The van der Waals surface area contributed by atoms with Crippen molar-refractivity contribution < 1.29 is 0 Å². The molecule has 0 bridgehead atoms. The van der Waals surface area contributed by atoms with Crippen LogP contribution in [0, 0.1) is 0 Å². The van der Waals surface area contributed by atoms with Gasteiger partial charge in [0.05, 0.1) is 0 Å². The Balaban J connectivity index is 2.38. The summed E-state index contributed by atoms with van der Waals surface area (Å²) in [7, 11) is 0. The molecule has 0 fully saturated rings. The van der Waals surface area contributed by atoms with Crippen molar-refractivity contribution in [3.63, 3.8) is 0 Å². The monoisotopic (exact) mass is 228 g/mol. The van der Waals surface area contributed by atoms with Crippen molar-refractivity contribution >= 4 is 11.6 Å². The van der Waals surface area contributed by atoms with Crippen LogP contribution in [0.1, 0.15) is 13.8 Å². The third-order valence-electron chi connectivity index (χ3n) is 2.21.